The van der Waals surface area contributed by atoms with Gasteiger partial charge in [0.15, 0.2) is 0 Å². The Kier molecular flexibility index (Phi) is 4.95. The Hall–Kier alpha value is -1.06. The number of carbonyl (C=O) groups is 1. The molecule has 0 bridgehead atoms. The van der Waals surface area contributed by atoms with Crippen molar-refractivity contribution in [1.82, 2.24) is 4.90 Å². The standard InChI is InChI=1S/C17H24N2O.ClH/c1-17(8-5-9-17)16(20)19-11-14(10-18)15(12-19)13-6-3-2-4-7-13;/h2-4,6-7,14-15H,5,8-12,18H2,1H3;1H/t14-,15+;/m1./s1. The second-order valence-corrected chi connectivity index (χ2v) is 6.64. The number of rotatable bonds is 3. The SMILES string of the molecule is CC1(C(=O)N2C[C@@H](CN)[C@H](c3ccccc3)C2)CCC1.Cl. The first kappa shape index (κ1) is 16.3. The van der Waals surface area contributed by atoms with Gasteiger partial charge in [-0.3, -0.25) is 4.79 Å². The number of halogens is 1. The van der Waals surface area contributed by atoms with E-state index in [9.17, 15) is 4.79 Å². The Morgan fingerprint density at radius 2 is 1.95 bits per heavy atom. The van der Waals surface area contributed by atoms with Crippen molar-refractivity contribution in [1.29, 1.82) is 0 Å². The minimum atomic E-state index is -0.0925. The van der Waals surface area contributed by atoms with E-state index in [1.807, 2.05) is 6.07 Å². The highest BCUT2D eigenvalue weighted by atomic mass is 35.5. The van der Waals surface area contributed by atoms with Crippen molar-refractivity contribution in [2.24, 2.45) is 17.1 Å². The Labute approximate surface area is 133 Å². The maximum absolute atomic E-state index is 12.7. The van der Waals surface area contributed by atoms with Gasteiger partial charge in [0.05, 0.1) is 0 Å². The van der Waals surface area contributed by atoms with Crippen LogP contribution in [-0.4, -0.2) is 30.4 Å². The molecule has 4 heteroatoms. The summed E-state index contributed by atoms with van der Waals surface area (Å²) < 4.78 is 0. The molecule has 116 valence electrons. The van der Waals surface area contributed by atoms with Crippen LogP contribution in [0.3, 0.4) is 0 Å². The van der Waals surface area contributed by atoms with Crippen LogP contribution in [0.5, 0.6) is 0 Å². The molecule has 1 heterocycles. The smallest absolute Gasteiger partial charge is 0.228 e. The molecule has 1 amide bonds. The fraction of sp³-hybridized carbons (Fsp3) is 0.588. The van der Waals surface area contributed by atoms with Crippen molar-refractivity contribution < 1.29 is 4.79 Å². The molecule has 2 atom stereocenters. The summed E-state index contributed by atoms with van der Waals surface area (Å²) in [4.78, 5) is 14.7. The molecular formula is C17H25ClN2O. The molecule has 0 aromatic heterocycles. The quantitative estimate of drug-likeness (QED) is 0.933. The van der Waals surface area contributed by atoms with E-state index in [1.54, 1.807) is 0 Å². The topological polar surface area (TPSA) is 46.3 Å². The molecule has 3 nitrogen and oxygen atoms in total. The van der Waals surface area contributed by atoms with Gasteiger partial charge in [0.25, 0.3) is 0 Å². The summed E-state index contributed by atoms with van der Waals surface area (Å²) in [5.41, 5.74) is 7.17. The lowest BCUT2D eigenvalue weighted by Gasteiger charge is -2.39. The molecule has 21 heavy (non-hydrogen) atoms. The van der Waals surface area contributed by atoms with Crippen molar-refractivity contribution >= 4 is 18.3 Å². The lowest BCUT2D eigenvalue weighted by Crippen LogP contribution is -2.45. The minimum absolute atomic E-state index is 0. The summed E-state index contributed by atoms with van der Waals surface area (Å²) in [5.74, 6) is 1.14. The van der Waals surface area contributed by atoms with Crippen molar-refractivity contribution in [3.63, 3.8) is 0 Å². The third-order valence-corrected chi connectivity index (χ3v) is 5.23. The maximum atomic E-state index is 12.7. The molecule has 3 rings (SSSR count). The van der Waals surface area contributed by atoms with Gasteiger partial charge in [-0.25, -0.2) is 0 Å². The van der Waals surface area contributed by atoms with E-state index in [2.05, 4.69) is 36.1 Å². The summed E-state index contributed by atoms with van der Waals surface area (Å²) in [6.45, 7) is 4.43. The number of hydrogen-bond acceptors (Lipinski definition) is 2. The average molecular weight is 309 g/mol. The third kappa shape index (κ3) is 2.95. The van der Waals surface area contributed by atoms with Crippen molar-refractivity contribution in [3.8, 4) is 0 Å². The largest absolute Gasteiger partial charge is 0.341 e. The number of nitrogens with two attached hydrogens (primary N) is 1. The highest BCUT2D eigenvalue weighted by Gasteiger charge is 2.45. The van der Waals surface area contributed by atoms with Crippen LogP contribution in [0.25, 0.3) is 0 Å². The molecule has 0 radical (unpaired) electrons. The van der Waals surface area contributed by atoms with Gasteiger partial charge in [-0.15, -0.1) is 12.4 Å². The molecule has 1 saturated carbocycles. The van der Waals surface area contributed by atoms with Gasteiger partial charge in [0, 0.05) is 24.4 Å². The summed E-state index contributed by atoms with van der Waals surface area (Å²) in [7, 11) is 0. The predicted octanol–water partition coefficient (Wildman–Crippen LogP) is 2.80. The lowest BCUT2D eigenvalue weighted by atomic mass is 9.69. The Bertz CT molecular complexity index is 487. The number of nitrogens with zero attached hydrogens (tertiary/aromatic N) is 1. The van der Waals surface area contributed by atoms with Gasteiger partial charge >= 0.3 is 0 Å². The van der Waals surface area contributed by atoms with Crippen LogP contribution in [0.2, 0.25) is 0 Å². The van der Waals surface area contributed by atoms with Crippen LogP contribution in [0, 0.1) is 11.3 Å². The number of likely N-dealkylation sites (tertiary alicyclic amines) is 1. The van der Waals surface area contributed by atoms with Crippen LogP contribution in [0.15, 0.2) is 30.3 Å². The molecule has 1 aliphatic carbocycles. The average Bonchev–Trinajstić information content (AvgIpc) is 2.89. The van der Waals surface area contributed by atoms with Gasteiger partial charge in [-0.05, 0) is 30.9 Å². The van der Waals surface area contributed by atoms with E-state index in [1.165, 1.54) is 12.0 Å². The molecule has 0 spiro atoms. The van der Waals surface area contributed by atoms with Crippen molar-refractivity contribution in [2.45, 2.75) is 32.1 Å². The van der Waals surface area contributed by atoms with Gasteiger partial charge < -0.3 is 10.6 Å². The van der Waals surface area contributed by atoms with Crippen LogP contribution in [0.1, 0.15) is 37.7 Å². The minimum Gasteiger partial charge on any atom is -0.341 e. The second-order valence-electron chi connectivity index (χ2n) is 6.64. The lowest BCUT2D eigenvalue weighted by molar-refractivity contribution is -0.145. The fourth-order valence-electron chi connectivity index (χ4n) is 3.66. The molecule has 0 unspecified atom stereocenters. The molecule has 2 fully saturated rings. The van der Waals surface area contributed by atoms with E-state index in [4.69, 9.17) is 5.73 Å². The zero-order chi connectivity index (χ0) is 14.2. The van der Waals surface area contributed by atoms with E-state index < -0.39 is 0 Å². The molecule has 1 aromatic carbocycles. The first-order valence-corrected chi connectivity index (χ1v) is 7.68. The maximum Gasteiger partial charge on any atom is 0.228 e. The second kappa shape index (κ2) is 6.37. The van der Waals surface area contributed by atoms with Crippen molar-refractivity contribution in [3.05, 3.63) is 35.9 Å². The van der Waals surface area contributed by atoms with Crippen molar-refractivity contribution in [2.75, 3.05) is 19.6 Å². The molecule has 2 N–H and O–H groups in total. The van der Waals surface area contributed by atoms with Crippen LogP contribution < -0.4 is 5.73 Å². The fourth-order valence-corrected chi connectivity index (χ4v) is 3.66. The monoisotopic (exact) mass is 308 g/mol. The third-order valence-electron chi connectivity index (χ3n) is 5.23. The molecular weight excluding hydrogens is 284 g/mol. The van der Waals surface area contributed by atoms with E-state index in [0.717, 1.165) is 25.9 Å². The van der Waals surface area contributed by atoms with Gasteiger partial charge in [-0.1, -0.05) is 43.7 Å². The molecule has 1 saturated heterocycles. The first-order valence-electron chi connectivity index (χ1n) is 7.68. The summed E-state index contributed by atoms with van der Waals surface area (Å²) in [6, 6.07) is 10.5. The number of benzene rings is 1. The molecule has 1 aliphatic heterocycles. The zero-order valence-electron chi connectivity index (χ0n) is 12.6. The van der Waals surface area contributed by atoms with Gasteiger partial charge in [0.2, 0.25) is 5.91 Å². The molecule has 2 aliphatic rings. The Morgan fingerprint density at radius 1 is 1.29 bits per heavy atom. The summed E-state index contributed by atoms with van der Waals surface area (Å²) in [5, 5.41) is 0. The van der Waals surface area contributed by atoms with Crippen LogP contribution >= 0.6 is 12.4 Å². The summed E-state index contributed by atoms with van der Waals surface area (Å²) >= 11 is 0. The van der Waals surface area contributed by atoms with E-state index in [-0.39, 0.29) is 17.8 Å². The Balaban J connectivity index is 0.00000161. The highest BCUT2D eigenvalue weighted by molar-refractivity contribution is 5.85. The van der Waals surface area contributed by atoms with Crippen LogP contribution in [0.4, 0.5) is 0 Å². The van der Waals surface area contributed by atoms with Gasteiger partial charge in [0.1, 0.15) is 0 Å². The van der Waals surface area contributed by atoms with E-state index >= 15 is 0 Å². The van der Waals surface area contributed by atoms with Gasteiger partial charge in [-0.2, -0.15) is 0 Å². The Morgan fingerprint density at radius 3 is 2.48 bits per heavy atom. The number of amides is 1. The number of carbonyl (C=O) groups excluding carboxylic acids is 1. The van der Waals surface area contributed by atoms with Crippen LogP contribution in [-0.2, 0) is 4.79 Å². The predicted molar refractivity (Wildman–Crippen MR) is 87.5 cm³/mol. The first-order chi connectivity index (χ1) is 9.64. The van der Waals surface area contributed by atoms with E-state index in [0.29, 0.717) is 24.3 Å². The number of hydrogen-bond donors (Lipinski definition) is 1. The molecule has 1 aromatic rings. The zero-order valence-corrected chi connectivity index (χ0v) is 13.4. The normalized spacial score (nSPS) is 26.9. The highest BCUT2D eigenvalue weighted by Crippen LogP contribution is 2.44. The summed E-state index contributed by atoms with van der Waals surface area (Å²) in [6.07, 6.45) is 3.29.